The first kappa shape index (κ1) is 11.3. The second-order valence-electron chi connectivity index (χ2n) is 3.32. The van der Waals surface area contributed by atoms with Gasteiger partial charge in [0.05, 0.1) is 10.6 Å². The molecule has 1 aromatic heterocycles. The highest BCUT2D eigenvalue weighted by Gasteiger charge is 2.09. The SMILES string of the molecule is O=[N+]([O-])c1ccc(-c2cc(Cl)ccc2O)nc1. The minimum absolute atomic E-state index is 0.0238. The van der Waals surface area contributed by atoms with Gasteiger partial charge < -0.3 is 5.11 Å². The summed E-state index contributed by atoms with van der Waals surface area (Å²) < 4.78 is 0. The summed E-state index contributed by atoms with van der Waals surface area (Å²) in [6.07, 6.45) is 1.13. The standard InChI is InChI=1S/C11H7ClN2O3/c12-7-1-4-11(15)9(5-7)10-3-2-8(6-13-10)14(16)17/h1-6,15H. The molecular formula is C11H7ClN2O3. The summed E-state index contributed by atoms with van der Waals surface area (Å²) in [5.41, 5.74) is 0.762. The van der Waals surface area contributed by atoms with Crippen molar-refractivity contribution in [2.75, 3.05) is 0 Å². The highest BCUT2D eigenvalue weighted by atomic mass is 35.5. The van der Waals surface area contributed by atoms with E-state index >= 15 is 0 Å². The molecule has 5 nitrogen and oxygen atoms in total. The van der Waals surface area contributed by atoms with Crippen molar-refractivity contribution in [1.29, 1.82) is 0 Å². The lowest BCUT2D eigenvalue weighted by molar-refractivity contribution is -0.385. The molecule has 0 aliphatic rings. The maximum atomic E-state index is 10.5. The largest absolute Gasteiger partial charge is 0.507 e. The van der Waals surface area contributed by atoms with Crippen molar-refractivity contribution >= 4 is 17.3 Å². The van der Waals surface area contributed by atoms with E-state index in [0.717, 1.165) is 6.20 Å². The summed E-state index contributed by atoms with van der Waals surface area (Å²) in [6, 6.07) is 7.32. The summed E-state index contributed by atoms with van der Waals surface area (Å²) >= 11 is 5.80. The van der Waals surface area contributed by atoms with Crippen LogP contribution in [0.4, 0.5) is 5.69 Å². The molecule has 1 N–H and O–H groups in total. The van der Waals surface area contributed by atoms with Crippen molar-refractivity contribution in [2.45, 2.75) is 0 Å². The number of nitrogens with zero attached hydrogens (tertiary/aromatic N) is 2. The number of rotatable bonds is 2. The third-order valence-corrected chi connectivity index (χ3v) is 2.43. The molecule has 2 rings (SSSR count). The molecule has 17 heavy (non-hydrogen) atoms. The maximum absolute atomic E-state index is 10.5. The Labute approximate surface area is 101 Å². The van der Waals surface area contributed by atoms with Gasteiger partial charge >= 0.3 is 0 Å². The summed E-state index contributed by atoms with van der Waals surface area (Å²) in [5, 5.41) is 20.6. The van der Waals surface area contributed by atoms with Crippen molar-refractivity contribution in [3.63, 3.8) is 0 Å². The van der Waals surface area contributed by atoms with Crippen LogP contribution in [0.2, 0.25) is 5.02 Å². The van der Waals surface area contributed by atoms with Crippen LogP contribution in [0.15, 0.2) is 36.5 Å². The van der Waals surface area contributed by atoms with E-state index in [-0.39, 0.29) is 11.4 Å². The Hall–Kier alpha value is -2.14. The molecular weight excluding hydrogens is 244 g/mol. The third kappa shape index (κ3) is 2.34. The number of hydrogen-bond acceptors (Lipinski definition) is 4. The zero-order chi connectivity index (χ0) is 12.4. The summed E-state index contributed by atoms with van der Waals surface area (Å²) in [5.74, 6) is 0.0238. The number of phenolic OH excluding ortho intramolecular Hbond substituents is 1. The molecule has 0 aliphatic heterocycles. The van der Waals surface area contributed by atoms with Gasteiger partial charge in [-0.25, -0.2) is 4.98 Å². The topological polar surface area (TPSA) is 76.3 Å². The second-order valence-corrected chi connectivity index (χ2v) is 3.76. The van der Waals surface area contributed by atoms with Crippen molar-refractivity contribution < 1.29 is 10.0 Å². The minimum atomic E-state index is -0.533. The molecule has 0 amide bonds. The molecule has 0 spiro atoms. The average Bonchev–Trinajstić information content (AvgIpc) is 2.32. The number of hydrogen-bond donors (Lipinski definition) is 1. The van der Waals surface area contributed by atoms with Gasteiger partial charge in [-0.05, 0) is 24.3 Å². The van der Waals surface area contributed by atoms with Crippen molar-refractivity contribution in [1.82, 2.24) is 4.98 Å². The van der Waals surface area contributed by atoms with Gasteiger partial charge in [0, 0.05) is 16.7 Å². The van der Waals surface area contributed by atoms with Gasteiger partial charge in [0.1, 0.15) is 11.9 Å². The Morgan fingerprint density at radius 3 is 2.65 bits per heavy atom. The molecule has 1 aromatic carbocycles. The van der Waals surface area contributed by atoms with Crippen LogP contribution in [-0.4, -0.2) is 15.0 Å². The molecule has 2 aromatic rings. The Kier molecular flexibility index (Phi) is 2.93. The molecule has 0 aliphatic carbocycles. The molecule has 0 radical (unpaired) electrons. The van der Waals surface area contributed by atoms with Gasteiger partial charge in [-0.3, -0.25) is 10.1 Å². The Bertz CT molecular complexity index is 569. The first-order chi connectivity index (χ1) is 8.08. The number of phenols is 1. The number of pyridine rings is 1. The fourth-order valence-electron chi connectivity index (χ4n) is 1.37. The number of halogens is 1. The fourth-order valence-corrected chi connectivity index (χ4v) is 1.54. The van der Waals surface area contributed by atoms with Crippen molar-refractivity contribution in [2.24, 2.45) is 0 Å². The van der Waals surface area contributed by atoms with Crippen LogP contribution >= 0.6 is 11.6 Å². The van der Waals surface area contributed by atoms with E-state index in [1.165, 1.54) is 18.2 Å². The van der Waals surface area contributed by atoms with Gasteiger partial charge in [0.15, 0.2) is 0 Å². The minimum Gasteiger partial charge on any atom is -0.507 e. The molecule has 0 atom stereocenters. The Balaban J connectivity index is 2.46. The number of aromatic nitrogens is 1. The van der Waals surface area contributed by atoms with Gasteiger partial charge in [-0.2, -0.15) is 0 Å². The molecule has 0 fully saturated rings. The predicted octanol–water partition coefficient (Wildman–Crippen LogP) is 3.02. The highest BCUT2D eigenvalue weighted by Crippen LogP contribution is 2.30. The number of benzene rings is 1. The first-order valence-corrected chi connectivity index (χ1v) is 5.05. The fraction of sp³-hybridized carbons (Fsp3) is 0. The smallest absolute Gasteiger partial charge is 0.287 e. The highest BCUT2D eigenvalue weighted by molar-refractivity contribution is 6.30. The van der Waals surface area contributed by atoms with E-state index in [1.807, 2.05) is 0 Å². The monoisotopic (exact) mass is 250 g/mol. The summed E-state index contributed by atoms with van der Waals surface area (Å²) in [4.78, 5) is 13.8. The van der Waals surface area contributed by atoms with Crippen molar-refractivity contribution in [3.05, 3.63) is 51.7 Å². The van der Waals surface area contributed by atoms with Gasteiger partial charge in [0.25, 0.3) is 5.69 Å². The maximum Gasteiger partial charge on any atom is 0.287 e. The first-order valence-electron chi connectivity index (χ1n) is 4.67. The lowest BCUT2D eigenvalue weighted by atomic mass is 10.1. The molecule has 0 bridgehead atoms. The Morgan fingerprint density at radius 1 is 1.29 bits per heavy atom. The zero-order valence-electron chi connectivity index (χ0n) is 8.50. The van der Waals surface area contributed by atoms with E-state index in [0.29, 0.717) is 16.3 Å². The quantitative estimate of drug-likeness (QED) is 0.657. The molecule has 0 saturated carbocycles. The average molecular weight is 251 g/mol. The molecule has 6 heteroatoms. The second kappa shape index (κ2) is 4.39. The van der Waals surface area contributed by atoms with E-state index in [2.05, 4.69) is 4.98 Å². The van der Waals surface area contributed by atoms with E-state index in [4.69, 9.17) is 11.6 Å². The zero-order valence-corrected chi connectivity index (χ0v) is 9.26. The summed E-state index contributed by atoms with van der Waals surface area (Å²) in [6.45, 7) is 0. The van der Waals surface area contributed by atoms with E-state index in [1.54, 1.807) is 12.1 Å². The van der Waals surface area contributed by atoms with Crippen LogP contribution in [0.3, 0.4) is 0 Å². The number of aromatic hydroxyl groups is 1. The van der Waals surface area contributed by atoms with Crippen LogP contribution < -0.4 is 0 Å². The summed E-state index contributed by atoms with van der Waals surface area (Å²) in [7, 11) is 0. The van der Waals surface area contributed by atoms with Crippen LogP contribution in [0, 0.1) is 10.1 Å². The van der Waals surface area contributed by atoms with E-state index < -0.39 is 4.92 Å². The van der Waals surface area contributed by atoms with Gasteiger partial charge in [0.2, 0.25) is 0 Å². The molecule has 1 heterocycles. The Morgan fingerprint density at radius 2 is 2.06 bits per heavy atom. The molecule has 0 unspecified atom stereocenters. The van der Waals surface area contributed by atoms with Crippen LogP contribution in [0.1, 0.15) is 0 Å². The normalized spacial score (nSPS) is 10.2. The van der Waals surface area contributed by atoms with Crippen LogP contribution in [0.5, 0.6) is 5.75 Å². The van der Waals surface area contributed by atoms with Crippen LogP contribution in [-0.2, 0) is 0 Å². The predicted molar refractivity (Wildman–Crippen MR) is 63.0 cm³/mol. The van der Waals surface area contributed by atoms with Crippen LogP contribution in [0.25, 0.3) is 11.3 Å². The lowest BCUT2D eigenvalue weighted by Gasteiger charge is -2.03. The third-order valence-electron chi connectivity index (χ3n) is 2.19. The van der Waals surface area contributed by atoms with Crippen molar-refractivity contribution in [3.8, 4) is 17.0 Å². The molecule has 0 saturated heterocycles. The lowest BCUT2D eigenvalue weighted by Crippen LogP contribution is -1.90. The number of nitro groups is 1. The van der Waals surface area contributed by atoms with E-state index in [9.17, 15) is 15.2 Å². The van der Waals surface area contributed by atoms with Gasteiger partial charge in [-0.1, -0.05) is 11.6 Å². The van der Waals surface area contributed by atoms with Gasteiger partial charge in [-0.15, -0.1) is 0 Å². The molecule has 86 valence electrons.